The van der Waals surface area contributed by atoms with Crippen LogP contribution in [0.3, 0.4) is 0 Å². The van der Waals surface area contributed by atoms with Crippen LogP contribution in [0.2, 0.25) is 5.02 Å². The molecule has 0 amide bonds. The lowest BCUT2D eigenvalue weighted by molar-refractivity contribution is 0.383. The van der Waals surface area contributed by atoms with Crippen LogP contribution >= 0.6 is 11.6 Å². The second-order valence-corrected chi connectivity index (χ2v) is 7.56. The number of nitrogens with zero attached hydrogens (tertiary/aromatic N) is 5. The monoisotopic (exact) mass is 363 g/mol. The number of anilines is 1. The summed E-state index contributed by atoms with van der Waals surface area (Å²) in [5.74, 6) is 0.489. The molecule has 24 heavy (non-hydrogen) atoms. The Balaban J connectivity index is 1.75. The summed E-state index contributed by atoms with van der Waals surface area (Å²) in [7, 11) is -3.55. The number of piperazine rings is 1. The molecule has 0 bridgehead atoms. The molecule has 9 heteroatoms. The minimum atomic E-state index is -3.55. The van der Waals surface area contributed by atoms with Gasteiger partial charge in [-0.15, -0.1) is 0 Å². The Morgan fingerprint density at radius 1 is 1.04 bits per heavy atom. The number of aromatic nitrogens is 2. The molecule has 1 aromatic carbocycles. The van der Waals surface area contributed by atoms with Crippen molar-refractivity contribution in [2.45, 2.75) is 4.90 Å². The zero-order valence-electron chi connectivity index (χ0n) is 12.6. The Morgan fingerprint density at radius 3 is 2.29 bits per heavy atom. The number of hydrogen-bond donors (Lipinski definition) is 0. The van der Waals surface area contributed by atoms with Crippen molar-refractivity contribution in [3.05, 3.63) is 47.4 Å². The van der Waals surface area contributed by atoms with Gasteiger partial charge in [0.1, 0.15) is 6.07 Å². The van der Waals surface area contributed by atoms with E-state index in [1.165, 1.54) is 28.8 Å². The first-order chi connectivity index (χ1) is 11.5. The van der Waals surface area contributed by atoms with Gasteiger partial charge in [0.2, 0.25) is 10.0 Å². The van der Waals surface area contributed by atoms with E-state index in [1.807, 2.05) is 11.0 Å². The Morgan fingerprint density at radius 2 is 1.67 bits per heavy atom. The van der Waals surface area contributed by atoms with Crippen molar-refractivity contribution < 1.29 is 8.42 Å². The van der Waals surface area contributed by atoms with Gasteiger partial charge in [-0.1, -0.05) is 11.6 Å². The first-order valence-corrected chi connectivity index (χ1v) is 9.06. The predicted octanol–water partition coefficient (Wildman–Crippen LogP) is 1.51. The molecule has 0 radical (unpaired) electrons. The van der Waals surface area contributed by atoms with E-state index in [0.717, 1.165) is 0 Å². The summed E-state index contributed by atoms with van der Waals surface area (Å²) in [6, 6.07) is 8.12. The van der Waals surface area contributed by atoms with E-state index >= 15 is 0 Å². The van der Waals surface area contributed by atoms with Crippen LogP contribution in [-0.4, -0.2) is 48.9 Å². The Hall–Kier alpha value is -2.21. The van der Waals surface area contributed by atoms with Gasteiger partial charge < -0.3 is 4.90 Å². The molecule has 0 spiro atoms. The van der Waals surface area contributed by atoms with E-state index in [2.05, 4.69) is 9.97 Å². The SMILES string of the molecule is N#Cc1nccnc1N1CCN(S(=O)(=O)c2ccc(Cl)cc2)CC1. The minimum absolute atomic E-state index is 0.220. The fourth-order valence-electron chi connectivity index (χ4n) is 2.54. The molecule has 0 unspecified atom stereocenters. The van der Waals surface area contributed by atoms with Crippen LogP contribution in [0.5, 0.6) is 0 Å². The maximum absolute atomic E-state index is 12.6. The van der Waals surface area contributed by atoms with Crippen molar-refractivity contribution >= 4 is 27.4 Å². The summed E-state index contributed by atoms with van der Waals surface area (Å²) >= 11 is 5.81. The maximum atomic E-state index is 12.6. The van der Waals surface area contributed by atoms with Crippen LogP contribution in [0, 0.1) is 11.3 Å². The third-order valence-electron chi connectivity index (χ3n) is 3.77. The molecular weight excluding hydrogens is 350 g/mol. The van der Waals surface area contributed by atoms with Crippen LogP contribution in [0.1, 0.15) is 5.69 Å². The third kappa shape index (κ3) is 3.19. The standard InChI is InChI=1S/C15H14ClN5O2S/c16-12-1-3-13(4-2-12)24(22,23)21-9-7-20(8-10-21)15-14(11-17)18-5-6-19-15/h1-6H,7-10H2. The Kier molecular flexibility index (Phi) is 4.66. The molecule has 2 heterocycles. The van der Waals surface area contributed by atoms with Gasteiger partial charge in [-0.2, -0.15) is 9.57 Å². The highest BCUT2D eigenvalue weighted by Crippen LogP contribution is 2.22. The van der Waals surface area contributed by atoms with Gasteiger partial charge in [-0.3, -0.25) is 0 Å². The van der Waals surface area contributed by atoms with Gasteiger partial charge in [0.25, 0.3) is 0 Å². The van der Waals surface area contributed by atoms with E-state index in [9.17, 15) is 8.42 Å². The van der Waals surface area contributed by atoms with Gasteiger partial charge in [-0.25, -0.2) is 18.4 Å². The van der Waals surface area contributed by atoms with Gasteiger partial charge in [-0.05, 0) is 24.3 Å². The summed E-state index contributed by atoms with van der Waals surface area (Å²) in [5, 5.41) is 9.60. The highest BCUT2D eigenvalue weighted by molar-refractivity contribution is 7.89. The van der Waals surface area contributed by atoms with Crippen LogP contribution < -0.4 is 4.90 Å². The molecular formula is C15H14ClN5O2S. The molecule has 1 aliphatic rings. The van der Waals surface area contributed by atoms with Crippen LogP contribution in [0.4, 0.5) is 5.82 Å². The molecule has 1 fully saturated rings. The number of nitriles is 1. The van der Waals surface area contributed by atoms with Gasteiger partial charge in [0, 0.05) is 43.6 Å². The molecule has 124 valence electrons. The molecule has 1 aromatic heterocycles. The van der Waals surface area contributed by atoms with Crippen molar-refractivity contribution in [2.24, 2.45) is 0 Å². The van der Waals surface area contributed by atoms with Crippen molar-refractivity contribution in [1.82, 2.24) is 14.3 Å². The zero-order valence-corrected chi connectivity index (χ0v) is 14.2. The summed E-state index contributed by atoms with van der Waals surface area (Å²) in [6.45, 7) is 1.51. The lowest BCUT2D eigenvalue weighted by atomic mass is 10.3. The van der Waals surface area contributed by atoms with E-state index in [0.29, 0.717) is 37.0 Å². The van der Waals surface area contributed by atoms with Crippen LogP contribution in [0.15, 0.2) is 41.6 Å². The fraction of sp³-hybridized carbons (Fsp3) is 0.267. The average molecular weight is 364 g/mol. The van der Waals surface area contributed by atoms with E-state index in [1.54, 1.807) is 12.1 Å². The van der Waals surface area contributed by atoms with Crippen LogP contribution in [0.25, 0.3) is 0 Å². The average Bonchev–Trinajstić information content (AvgIpc) is 2.62. The number of sulfonamides is 1. The molecule has 0 aliphatic carbocycles. The number of rotatable bonds is 3. The largest absolute Gasteiger partial charge is 0.352 e. The predicted molar refractivity (Wildman–Crippen MR) is 89.2 cm³/mol. The van der Waals surface area contributed by atoms with Gasteiger partial charge in [0.05, 0.1) is 4.90 Å². The normalized spacial score (nSPS) is 15.9. The number of halogens is 1. The zero-order chi connectivity index (χ0) is 17.2. The highest BCUT2D eigenvalue weighted by Gasteiger charge is 2.29. The summed E-state index contributed by atoms with van der Waals surface area (Å²) in [5.41, 5.74) is 0.242. The first-order valence-electron chi connectivity index (χ1n) is 7.24. The van der Waals surface area contributed by atoms with E-state index < -0.39 is 10.0 Å². The van der Waals surface area contributed by atoms with Crippen molar-refractivity contribution in [1.29, 1.82) is 5.26 Å². The highest BCUT2D eigenvalue weighted by atomic mass is 35.5. The number of benzene rings is 1. The third-order valence-corrected chi connectivity index (χ3v) is 5.94. The second kappa shape index (κ2) is 6.73. The summed E-state index contributed by atoms with van der Waals surface area (Å²) < 4.78 is 26.7. The van der Waals surface area contributed by atoms with Gasteiger partial charge >= 0.3 is 0 Å². The van der Waals surface area contributed by atoms with Gasteiger partial charge in [0.15, 0.2) is 11.5 Å². The molecule has 2 aromatic rings. The minimum Gasteiger partial charge on any atom is -0.352 e. The van der Waals surface area contributed by atoms with Crippen LogP contribution in [-0.2, 0) is 10.0 Å². The fourth-order valence-corrected chi connectivity index (χ4v) is 4.09. The first kappa shape index (κ1) is 16.6. The maximum Gasteiger partial charge on any atom is 0.243 e. The Labute approximate surface area is 145 Å². The van der Waals surface area contributed by atoms with Crippen molar-refractivity contribution in [3.63, 3.8) is 0 Å². The molecule has 0 N–H and O–H groups in total. The summed E-state index contributed by atoms with van der Waals surface area (Å²) in [6.07, 6.45) is 2.98. The molecule has 1 saturated heterocycles. The molecule has 7 nitrogen and oxygen atoms in total. The topological polar surface area (TPSA) is 90.2 Å². The number of hydrogen-bond acceptors (Lipinski definition) is 6. The molecule has 1 aliphatic heterocycles. The van der Waals surface area contributed by atoms with E-state index in [-0.39, 0.29) is 10.6 Å². The Bertz CT molecular complexity index is 871. The second-order valence-electron chi connectivity index (χ2n) is 5.19. The lowest BCUT2D eigenvalue weighted by Gasteiger charge is -2.34. The lowest BCUT2D eigenvalue weighted by Crippen LogP contribution is -2.49. The smallest absolute Gasteiger partial charge is 0.243 e. The van der Waals surface area contributed by atoms with E-state index in [4.69, 9.17) is 16.9 Å². The summed E-state index contributed by atoms with van der Waals surface area (Å²) in [4.78, 5) is 10.3. The molecule has 0 atom stereocenters. The quantitative estimate of drug-likeness (QED) is 0.821. The molecule has 0 saturated carbocycles. The molecule has 3 rings (SSSR count). The van der Waals surface area contributed by atoms with Crippen molar-refractivity contribution in [3.8, 4) is 6.07 Å². The van der Waals surface area contributed by atoms with Crippen molar-refractivity contribution in [2.75, 3.05) is 31.1 Å².